The maximum absolute atomic E-state index is 13.1. The molecule has 0 spiro atoms. The first kappa shape index (κ1) is 13.6. The Hall–Kier alpha value is -2.42. The molecule has 0 amide bonds. The molecule has 0 fully saturated rings. The fourth-order valence-electron chi connectivity index (χ4n) is 2.49. The van der Waals surface area contributed by atoms with Gasteiger partial charge in [-0.1, -0.05) is 12.1 Å². The van der Waals surface area contributed by atoms with Crippen molar-refractivity contribution in [1.82, 2.24) is 9.55 Å². The number of nitrogens with zero attached hydrogens (tertiary/aromatic N) is 2. The van der Waals surface area contributed by atoms with Gasteiger partial charge in [-0.15, -0.1) is 0 Å². The molecule has 0 atom stereocenters. The highest BCUT2D eigenvalue weighted by atomic mass is 19.1. The Balaban J connectivity index is 2.23. The second-order valence-electron chi connectivity index (χ2n) is 5.29. The summed E-state index contributed by atoms with van der Waals surface area (Å²) in [5.41, 5.74) is 5.26. The zero-order valence-corrected chi connectivity index (χ0v) is 12.4. The summed E-state index contributed by atoms with van der Waals surface area (Å²) in [6.45, 7) is 6.12. The molecule has 0 N–H and O–H groups in total. The van der Waals surface area contributed by atoms with Crippen LogP contribution in [0.5, 0.6) is 0 Å². The summed E-state index contributed by atoms with van der Waals surface area (Å²) in [5.74, 6) is 0.608. The first-order chi connectivity index (χ1) is 10.1. The summed E-state index contributed by atoms with van der Waals surface area (Å²) >= 11 is 0. The maximum Gasteiger partial charge on any atom is 0.145 e. The van der Waals surface area contributed by atoms with Crippen molar-refractivity contribution in [2.75, 3.05) is 0 Å². The van der Waals surface area contributed by atoms with Crippen molar-refractivity contribution in [1.29, 1.82) is 0 Å². The quantitative estimate of drug-likeness (QED) is 0.670. The molecule has 0 saturated heterocycles. The summed E-state index contributed by atoms with van der Waals surface area (Å²) in [6.07, 6.45) is 0. The molecule has 2 aromatic carbocycles. The van der Waals surface area contributed by atoms with Crippen molar-refractivity contribution >= 4 is 0 Å². The highest BCUT2D eigenvalue weighted by Gasteiger charge is 2.14. The van der Waals surface area contributed by atoms with E-state index in [4.69, 9.17) is 0 Å². The van der Waals surface area contributed by atoms with Gasteiger partial charge in [0.05, 0.1) is 5.69 Å². The van der Waals surface area contributed by atoms with Crippen molar-refractivity contribution in [2.45, 2.75) is 20.8 Å². The Morgan fingerprint density at radius 2 is 1.67 bits per heavy atom. The molecule has 106 valence electrons. The Labute approximate surface area is 123 Å². The lowest BCUT2D eigenvalue weighted by Gasteiger charge is -2.11. The van der Waals surface area contributed by atoms with Gasteiger partial charge in [0.1, 0.15) is 11.6 Å². The Morgan fingerprint density at radius 3 is 2.33 bits per heavy atom. The van der Waals surface area contributed by atoms with Gasteiger partial charge < -0.3 is 0 Å². The van der Waals surface area contributed by atoms with Gasteiger partial charge in [0.25, 0.3) is 0 Å². The summed E-state index contributed by atoms with van der Waals surface area (Å²) in [4.78, 5) is 4.66. The Morgan fingerprint density at radius 1 is 0.952 bits per heavy atom. The number of aryl methyl sites for hydroxylation is 2. The van der Waals surface area contributed by atoms with Crippen LogP contribution in [0.2, 0.25) is 0 Å². The molecular formula is C18H17FN2. The molecule has 2 nitrogen and oxygen atoms in total. The summed E-state index contributed by atoms with van der Waals surface area (Å²) in [5, 5.41) is 0. The highest BCUT2D eigenvalue weighted by molar-refractivity contribution is 5.60. The molecule has 3 aromatic rings. The average Bonchev–Trinajstić information content (AvgIpc) is 2.76. The summed E-state index contributed by atoms with van der Waals surface area (Å²) in [7, 11) is 0. The SMILES string of the molecule is Cc1cccc(-n2c(-c3ccc(F)cc3)nc(C)c2C)c1. The molecule has 1 aromatic heterocycles. The van der Waals surface area contributed by atoms with Crippen LogP contribution in [0, 0.1) is 26.6 Å². The van der Waals surface area contributed by atoms with Gasteiger partial charge in [-0.05, 0) is 62.7 Å². The molecule has 0 bridgehead atoms. The van der Waals surface area contributed by atoms with E-state index in [0.29, 0.717) is 0 Å². The third-order valence-electron chi connectivity index (χ3n) is 3.71. The summed E-state index contributed by atoms with van der Waals surface area (Å²) < 4.78 is 15.3. The lowest BCUT2D eigenvalue weighted by molar-refractivity contribution is 0.628. The highest BCUT2D eigenvalue weighted by Crippen LogP contribution is 2.26. The molecule has 0 aliphatic carbocycles. The largest absolute Gasteiger partial charge is 0.297 e. The molecule has 3 rings (SSSR count). The number of imidazole rings is 1. The lowest BCUT2D eigenvalue weighted by atomic mass is 10.2. The van der Waals surface area contributed by atoms with E-state index in [2.05, 4.69) is 41.6 Å². The van der Waals surface area contributed by atoms with Crippen LogP contribution < -0.4 is 0 Å². The molecule has 0 saturated carbocycles. The molecule has 0 radical (unpaired) electrons. The standard InChI is InChI=1S/C18H17FN2/c1-12-5-4-6-17(11-12)21-14(3)13(2)20-18(21)15-7-9-16(19)10-8-15/h4-11H,1-3H3. The van der Waals surface area contributed by atoms with E-state index in [1.165, 1.54) is 17.7 Å². The van der Waals surface area contributed by atoms with Crippen LogP contribution >= 0.6 is 0 Å². The minimum Gasteiger partial charge on any atom is -0.297 e. The lowest BCUT2D eigenvalue weighted by Crippen LogP contribution is -2.00. The first-order valence-corrected chi connectivity index (χ1v) is 6.95. The van der Waals surface area contributed by atoms with Crippen LogP contribution in [0.3, 0.4) is 0 Å². The maximum atomic E-state index is 13.1. The van der Waals surface area contributed by atoms with E-state index in [0.717, 1.165) is 28.5 Å². The van der Waals surface area contributed by atoms with Crippen LogP contribution in [-0.4, -0.2) is 9.55 Å². The molecule has 0 aliphatic rings. The number of halogens is 1. The van der Waals surface area contributed by atoms with E-state index in [-0.39, 0.29) is 5.82 Å². The number of benzene rings is 2. The van der Waals surface area contributed by atoms with Crippen molar-refractivity contribution in [2.24, 2.45) is 0 Å². The number of hydrogen-bond donors (Lipinski definition) is 0. The number of rotatable bonds is 2. The molecule has 0 unspecified atom stereocenters. The van der Waals surface area contributed by atoms with Crippen molar-refractivity contribution < 1.29 is 4.39 Å². The van der Waals surface area contributed by atoms with Gasteiger partial charge in [-0.3, -0.25) is 4.57 Å². The first-order valence-electron chi connectivity index (χ1n) is 6.95. The van der Waals surface area contributed by atoms with Crippen LogP contribution in [0.25, 0.3) is 17.1 Å². The van der Waals surface area contributed by atoms with Crippen LogP contribution in [0.4, 0.5) is 4.39 Å². The fraction of sp³-hybridized carbons (Fsp3) is 0.167. The fourth-order valence-corrected chi connectivity index (χ4v) is 2.49. The molecule has 21 heavy (non-hydrogen) atoms. The van der Waals surface area contributed by atoms with Crippen molar-refractivity contribution in [3.05, 3.63) is 71.3 Å². The van der Waals surface area contributed by atoms with Crippen molar-refractivity contribution in [3.63, 3.8) is 0 Å². The van der Waals surface area contributed by atoms with Crippen LogP contribution in [0.1, 0.15) is 17.0 Å². The molecule has 1 heterocycles. The van der Waals surface area contributed by atoms with Crippen LogP contribution in [0.15, 0.2) is 48.5 Å². The van der Waals surface area contributed by atoms with Crippen molar-refractivity contribution in [3.8, 4) is 17.1 Å². The smallest absolute Gasteiger partial charge is 0.145 e. The van der Waals surface area contributed by atoms with E-state index in [9.17, 15) is 4.39 Å². The summed E-state index contributed by atoms with van der Waals surface area (Å²) in [6, 6.07) is 14.8. The van der Waals surface area contributed by atoms with Gasteiger partial charge in [-0.2, -0.15) is 0 Å². The second-order valence-corrected chi connectivity index (χ2v) is 5.29. The van der Waals surface area contributed by atoms with E-state index >= 15 is 0 Å². The number of aromatic nitrogens is 2. The Bertz CT molecular complexity index is 785. The van der Waals surface area contributed by atoms with Crippen LogP contribution in [-0.2, 0) is 0 Å². The monoisotopic (exact) mass is 280 g/mol. The normalized spacial score (nSPS) is 10.9. The van der Waals surface area contributed by atoms with E-state index in [1.807, 2.05) is 13.0 Å². The van der Waals surface area contributed by atoms with E-state index in [1.54, 1.807) is 12.1 Å². The van der Waals surface area contributed by atoms with Gasteiger partial charge in [0.2, 0.25) is 0 Å². The van der Waals surface area contributed by atoms with Gasteiger partial charge in [-0.25, -0.2) is 9.37 Å². The van der Waals surface area contributed by atoms with Gasteiger partial charge >= 0.3 is 0 Å². The predicted octanol–water partition coefficient (Wildman–Crippen LogP) is 4.60. The second kappa shape index (κ2) is 5.17. The average molecular weight is 280 g/mol. The molecular weight excluding hydrogens is 263 g/mol. The third-order valence-corrected chi connectivity index (χ3v) is 3.71. The molecule has 3 heteroatoms. The van der Waals surface area contributed by atoms with Gasteiger partial charge in [0, 0.05) is 16.9 Å². The predicted molar refractivity (Wildman–Crippen MR) is 83.2 cm³/mol. The van der Waals surface area contributed by atoms with Gasteiger partial charge in [0.15, 0.2) is 0 Å². The minimum atomic E-state index is -0.235. The van der Waals surface area contributed by atoms with E-state index < -0.39 is 0 Å². The Kier molecular flexibility index (Phi) is 3.34. The number of hydrogen-bond acceptors (Lipinski definition) is 1. The zero-order valence-electron chi connectivity index (χ0n) is 12.4. The zero-order chi connectivity index (χ0) is 15.0. The molecule has 0 aliphatic heterocycles. The minimum absolute atomic E-state index is 0.235. The topological polar surface area (TPSA) is 17.8 Å². The third kappa shape index (κ3) is 2.47.